The van der Waals surface area contributed by atoms with Gasteiger partial charge in [-0.3, -0.25) is 13.9 Å². The minimum absolute atomic E-state index is 0.0372. The zero-order valence-corrected chi connectivity index (χ0v) is 22.1. The van der Waals surface area contributed by atoms with Crippen molar-refractivity contribution in [3.05, 3.63) is 126 Å². The Hall–Kier alpha value is -4.76. The number of para-hydroxylation sites is 1. The molecule has 0 aliphatic heterocycles. The molecule has 0 saturated carbocycles. The van der Waals surface area contributed by atoms with Crippen LogP contribution in [0.15, 0.2) is 114 Å². The van der Waals surface area contributed by atoms with Gasteiger partial charge >= 0.3 is 5.97 Å². The highest BCUT2D eigenvalue weighted by Gasteiger charge is 2.28. The fraction of sp³-hybridized carbons (Fsp3) is 0.100. The first-order valence-corrected chi connectivity index (χ1v) is 13.4. The molecular weight excluding hydrogens is 516 g/mol. The second-order valence-electron chi connectivity index (χ2n) is 8.66. The lowest BCUT2D eigenvalue weighted by molar-refractivity contribution is -0.125. The Bertz CT molecular complexity index is 1610. The summed E-state index contributed by atoms with van der Waals surface area (Å²) in [5.74, 6) is -1.68. The van der Waals surface area contributed by atoms with Crippen molar-refractivity contribution < 1.29 is 27.5 Å². The van der Waals surface area contributed by atoms with Crippen molar-refractivity contribution >= 4 is 39.1 Å². The first kappa shape index (κ1) is 27.3. The number of carbonyl (C=O) groups excluding carboxylic acids is 3. The maximum absolute atomic E-state index is 13.3. The van der Waals surface area contributed by atoms with E-state index >= 15 is 0 Å². The maximum atomic E-state index is 13.3. The van der Waals surface area contributed by atoms with E-state index in [0.29, 0.717) is 22.5 Å². The molecule has 0 aromatic heterocycles. The molecule has 39 heavy (non-hydrogen) atoms. The van der Waals surface area contributed by atoms with Gasteiger partial charge in [0.25, 0.3) is 15.9 Å². The Labute approximate surface area is 226 Å². The van der Waals surface area contributed by atoms with Crippen LogP contribution in [-0.2, 0) is 19.6 Å². The van der Waals surface area contributed by atoms with Gasteiger partial charge < -0.3 is 10.1 Å². The molecule has 0 aliphatic rings. The van der Waals surface area contributed by atoms with E-state index in [1.807, 2.05) is 0 Å². The third-order valence-corrected chi connectivity index (χ3v) is 7.73. The van der Waals surface area contributed by atoms with Crippen molar-refractivity contribution in [3.63, 3.8) is 0 Å². The number of benzene rings is 4. The number of anilines is 2. The van der Waals surface area contributed by atoms with Crippen molar-refractivity contribution in [1.29, 1.82) is 0 Å². The number of nitrogens with one attached hydrogen (secondary N) is 1. The smallest absolute Gasteiger partial charge is 0.339 e. The Balaban J connectivity index is 1.60. The van der Waals surface area contributed by atoms with Crippen LogP contribution in [0.4, 0.5) is 11.4 Å². The number of ketones is 1. The monoisotopic (exact) mass is 542 g/mol. The zero-order chi connectivity index (χ0) is 28.0. The van der Waals surface area contributed by atoms with Gasteiger partial charge in [0.2, 0.25) is 6.10 Å². The molecule has 0 fully saturated rings. The molecule has 0 unspecified atom stereocenters. The summed E-state index contributed by atoms with van der Waals surface area (Å²) in [6.07, 6.45) is -1.34. The van der Waals surface area contributed by atoms with Crippen LogP contribution in [0.2, 0.25) is 0 Å². The van der Waals surface area contributed by atoms with Crippen molar-refractivity contribution in [1.82, 2.24) is 0 Å². The van der Waals surface area contributed by atoms with Crippen LogP contribution in [0, 0.1) is 0 Å². The summed E-state index contributed by atoms with van der Waals surface area (Å²) in [5.41, 5.74) is 1.62. The molecule has 198 valence electrons. The van der Waals surface area contributed by atoms with E-state index in [1.165, 1.54) is 44.3 Å². The van der Waals surface area contributed by atoms with Crippen LogP contribution in [0.3, 0.4) is 0 Å². The van der Waals surface area contributed by atoms with Gasteiger partial charge in [-0.1, -0.05) is 66.7 Å². The van der Waals surface area contributed by atoms with Crippen LogP contribution in [0.1, 0.15) is 39.3 Å². The Morgan fingerprint density at radius 2 is 1.38 bits per heavy atom. The predicted octanol–water partition coefficient (Wildman–Crippen LogP) is 5.25. The van der Waals surface area contributed by atoms with Crippen molar-refractivity contribution in [2.45, 2.75) is 17.9 Å². The lowest BCUT2D eigenvalue weighted by Gasteiger charge is -2.20. The number of Topliss-reactive ketones (excluding diaryl/α,β-unsaturated/α-hetero) is 1. The number of sulfonamides is 1. The minimum atomic E-state index is -3.98. The molecule has 1 N–H and O–H groups in total. The van der Waals surface area contributed by atoms with Crippen LogP contribution >= 0.6 is 0 Å². The van der Waals surface area contributed by atoms with Gasteiger partial charge in [0.15, 0.2) is 5.78 Å². The van der Waals surface area contributed by atoms with E-state index in [1.54, 1.807) is 78.9 Å². The van der Waals surface area contributed by atoms with Crippen LogP contribution < -0.4 is 9.62 Å². The van der Waals surface area contributed by atoms with Crippen LogP contribution in [-0.4, -0.2) is 33.1 Å². The van der Waals surface area contributed by atoms with E-state index in [2.05, 4.69) is 5.32 Å². The summed E-state index contributed by atoms with van der Waals surface area (Å²) in [6, 6.07) is 28.8. The molecule has 9 heteroatoms. The van der Waals surface area contributed by atoms with Gasteiger partial charge in [-0.15, -0.1) is 0 Å². The molecule has 0 saturated heterocycles. The number of carbonyl (C=O) groups is 3. The number of ether oxygens (including phenoxy) is 1. The molecule has 1 amide bonds. The third kappa shape index (κ3) is 6.39. The topological polar surface area (TPSA) is 110 Å². The number of hydrogen-bond acceptors (Lipinski definition) is 6. The van der Waals surface area contributed by atoms with Gasteiger partial charge in [0.05, 0.1) is 16.1 Å². The summed E-state index contributed by atoms with van der Waals surface area (Å²) >= 11 is 0. The summed E-state index contributed by atoms with van der Waals surface area (Å²) < 4.78 is 33.2. The SMILES string of the molecule is CC(=O)c1cccc(NC(=O)[C@@H](OC(=O)c2cccc(S(=O)(=O)N(C)c3ccccc3)c2)c2ccccc2)c1. The molecule has 0 spiro atoms. The molecule has 0 radical (unpaired) electrons. The second kappa shape index (κ2) is 11.7. The number of amides is 1. The largest absolute Gasteiger partial charge is 0.444 e. The molecule has 0 aliphatic carbocycles. The maximum Gasteiger partial charge on any atom is 0.339 e. The minimum Gasteiger partial charge on any atom is -0.444 e. The molecule has 4 aromatic carbocycles. The first-order chi connectivity index (χ1) is 18.7. The first-order valence-electron chi connectivity index (χ1n) is 12.0. The van der Waals surface area contributed by atoms with Gasteiger partial charge in [-0.2, -0.15) is 0 Å². The van der Waals surface area contributed by atoms with Crippen molar-refractivity contribution in [2.75, 3.05) is 16.7 Å². The van der Waals surface area contributed by atoms with Crippen LogP contribution in [0.25, 0.3) is 0 Å². The predicted molar refractivity (Wildman–Crippen MR) is 148 cm³/mol. The lowest BCUT2D eigenvalue weighted by atomic mass is 10.1. The number of esters is 1. The Morgan fingerprint density at radius 1 is 0.769 bits per heavy atom. The van der Waals surface area contributed by atoms with Crippen molar-refractivity contribution in [3.8, 4) is 0 Å². The third-order valence-electron chi connectivity index (χ3n) is 5.95. The van der Waals surface area contributed by atoms with E-state index in [4.69, 9.17) is 4.74 Å². The zero-order valence-electron chi connectivity index (χ0n) is 21.3. The highest BCUT2D eigenvalue weighted by atomic mass is 32.2. The molecule has 8 nitrogen and oxygen atoms in total. The molecule has 1 atom stereocenters. The number of hydrogen-bond donors (Lipinski definition) is 1. The normalized spacial score (nSPS) is 11.7. The second-order valence-corrected chi connectivity index (χ2v) is 10.6. The fourth-order valence-electron chi connectivity index (χ4n) is 3.82. The van der Waals surface area contributed by atoms with Crippen molar-refractivity contribution in [2.24, 2.45) is 0 Å². The standard InChI is InChI=1S/C30H26N2O6S/c1-21(33)23-13-9-15-25(19-23)31-29(34)28(22-11-5-3-6-12-22)38-30(35)24-14-10-18-27(20-24)39(36,37)32(2)26-16-7-4-8-17-26/h3-20,28H,1-2H3,(H,31,34)/t28-/m0/s1. The molecule has 4 rings (SSSR count). The van der Waals surface area contributed by atoms with Gasteiger partial charge in [0, 0.05) is 23.9 Å². The number of rotatable bonds is 9. The molecule has 0 heterocycles. The summed E-state index contributed by atoms with van der Waals surface area (Å²) in [5, 5.41) is 2.69. The summed E-state index contributed by atoms with van der Waals surface area (Å²) in [4.78, 5) is 38.1. The van der Waals surface area contributed by atoms with Gasteiger partial charge in [0.1, 0.15) is 0 Å². The molecule has 4 aromatic rings. The molecule has 0 bridgehead atoms. The van der Waals surface area contributed by atoms with E-state index in [9.17, 15) is 22.8 Å². The lowest BCUT2D eigenvalue weighted by Crippen LogP contribution is -2.27. The Kier molecular flexibility index (Phi) is 8.21. The highest BCUT2D eigenvalue weighted by Crippen LogP contribution is 2.25. The summed E-state index contributed by atoms with van der Waals surface area (Å²) in [6.45, 7) is 1.42. The van der Waals surface area contributed by atoms with Crippen LogP contribution in [0.5, 0.6) is 0 Å². The van der Waals surface area contributed by atoms with Gasteiger partial charge in [-0.25, -0.2) is 13.2 Å². The molecular formula is C30H26N2O6S. The average molecular weight is 543 g/mol. The van der Waals surface area contributed by atoms with E-state index in [0.717, 1.165) is 4.31 Å². The fourth-order valence-corrected chi connectivity index (χ4v) is 5.06. The quantitative estimate of drug-likeness (QED) is 0.229. The highest BCUT2D eigenvalue weighted by molar-refractivity contribution is 7.92. The van der Waals surface area contributed by atoms with E-state index in [-0.39, 0.29) is 16.2 Å². The van der Waals surface area contributed by atoms with E-state index < -0.39 is 28.0 Å². The average Bonchev–Trinajstić information content (AvgIpc) is 2.96. The number of nitrogens with zero attached hydrogens (tertiary/aromatic N) is 1. The summed E-state index contributed by atoms with van der Waals surface area (Å²) in [7, 11) is -2.55. The Morgan fingerprint density at radius 3 is 2.05 bits per heavy atom. The van der Waals surface area contributed by atoms with Gasteiger partial charge in [-0.05, 0) is 49.4 Å².